The standard InChI is InChI=1S/C24H26N4/c1-16-25-23(19-11-12-19)24(20-8-6-5-7-9-20)28(16)15-18-10-13-21-22(14-18)27(4)17(2)26(21)3/h5-10,13-14,19H,2,11-12,15H2,1,3-4H3. The predicted molar refractivity (Wildman–Crippen MR) is 116 cm³/mol. The second-order valence-corrected chi connectivity index (χ2v) is 7.98. The van der Waals surface area contributed by atoms with E-state index in [1.54, 1.807) is 0 Å². The molecule has 4 heteroatoms. The molecule has 3 aromatic rings. The van der Waals surface area contributed by atoms with Gasteiger partial charge < -0.3 is 14.4 Å². The van der Waals surface area contributed by atoms with Gasteiger partial charge in [-0.25, -0.2) is 4.98 Å². The van der Waals surface area contributed by atoms with E-state index < -0.39 is 0 Å². The highest BCUT2D eigenvalue weighted by Crippen LogP contribution is 2.45. The number of aromatic nitrogens is 2. The Bertz CT molecular complexity index is 1060. The summed E-state index contributed by atoms with van der Waals surface area (Å²) in [5.41, 5.74) is 7.53. The monoisotopic (exact) mass is 370 g/mol. The summed E-state index contributed by atoms with van der Waals surface area (Å²) in [5, 5.41) is 0. The molecule has 0 radical (unpaired) electrons. The first kappa shape index (κ1) is 17.1. The van der Waals surface area contributed by atoms with E-state index in [2.05, 4.69) is 90.5 Å². The number of fused-ring (bicyclic) bond motifs is 1. The summed E-state index contributed by atoms with van der Waals surface area (Å²) < 4.78 is 2.39. The molecule has 142 valence electrons. The molecule has 1 aliphatic carbocycles. The van der Waals surface area contributed by atoms with Crippen molar-refractivity contribution in [2.45, 2.75) is 32.2 Å². The van der Waals surface area contributed by atoms with E-state index in [1.165, 1.54) is 46.7 Å². The molecule has 1 fully saturated rings. The van der Waals surface area contributed by atoms with Crippen molar-refractivity contribution < 1.29 is 0 Å². The first-order valence-electron chi connectivity index (χ1n) is 9.96. The molecule has 2 aliphatic rings. The van der Waals surface area contributed by atoms with E-state index in [1.807, 2.05) is 0 Å². The van der Waals surface area contributed by atoms with E-state index in [-0.39, 0.29) is 0 Å². The van der Waals surface area contributed by atoms with Crippen LogP contribution in [0.2, 0.25) is 0 Å². The van der Waals surface area contributed by atoms with Crippen LogP contribution in [0.4, 0.5) is 11.4 Å². The molecule has 2 aromatic carbocycles. The average molecular weight is 370 g/mol. The minimum atomic E-state index is 0.623. The molecule has 4 nitrogen and oxygen atoms in total. The zero-order chi connectivity index (χ0) is 19.4. The second-order valence-electron chi connectivity index (χ2n) is 7.98. The van der Waals surface area contributed by atoms with Crippen LogP contribution >= 0.6 is 0 Å². The maximum absolute atomic E-state index is 4.99. The van der Waals surface area contributed by atoms with Gasteiger partial charge in [0.2, 0.25) is 0 Å². The van der Waals surface area contributed by atoms with Gasteiger partial charge in [-0.05, 0) is 37.5 Å². The smallest absolute Gasteiger partial charge is 0.106 e. The molecule has 28 heavy (non-hydrogen) atoms. The lowest BCUT2D eigenvalue weighted by Crippen LogP contribution is -2.20. The highest BCUT2D eigenvalue weighted by molar-refractivity contribution is 5.82. The summed E-state index contributed by atoms with van der Waals surface area (Å²) in [6.07, 6.45) is 2.52. The van der Waals surface area contributed by atoms with E-state index in [9.17, 15) is 0 Å². The summed E-state index contributed by atoms with van der Waals surface area (Å²) >= 11 is 0. The number of aryl methyl sites for hydroxylation is 1. The molecule has 0 saturated heterocycles. The lowest BCUT2D eigenvalue weighted by molar-refractivity contribution is 0.768. The molecule has 0 N–H and O–H groups in total. The Hall–Kier alpha value is -3.01. The largest absolute Gasteiger partial charge is 0.330 e. The SMILES string of the molecule is C=C1N(C)c2ccc(Cn3c(C)nc(C4CC4)c3-c3ccccc3)cc2N1C. The Morgan fingerprint density at radius 1 is 1.00 bits per heavy atom. The second kappa shape index (κ2) is 6.26. The van der Waals surface area contributed by atoms with Crippen molar-refractivity contribution in [3.63, 3.8) is 0 Å². The Kier molecular flexibility index (Phi) is 3.83. The number of benzene rings is 2. The van der Waals surface area contributed by atoms with Crippen LogP contribution in [0.15, 0.2) is 60.9 Å². The maximum Gasteiger partial charge on any atom is 0.106 e. The summed E-state index contributed by atoms with van der Waals surface area (Å²) in [6, 6.07) is 17.4. The van der Waals surface area contributed by atoms with Gasteiger partial charge in [0.1, 0.15) is 11.6 Å². The number of hydrogen-bond donors (Lipinski definition) is 0. The van der Waals surface area contributed by atoms with Crippen molar-refractivity contribution >= 4 is 11.4 Å². The zero-order valence-corrected chi connectivity index (χ0v) is 16.8. The molecule has 0 bridgehead atoms. The number of nitrogens with zero attached hydrogens (tertiary/aromatic N) is 4. The zero-order valence-electron chi connectivity index (χ0n) is 16.8. The van der Waals surface area contributed by atoms with Crippen molar-refractivity contribution in [3.05, 3.63) is 78.0 Å². The molecule has 1 aliphatic heterocycles. The minimum Gasteiger partial charge on any atom is -0.330 e. The summed E-state index contributed by atoms with van der Waals surface area (Å²) in [5.74, 6) is 2.72. The fraction of sp³-hybridized carbons (Fsp3) is 0.292. The molecule has 0 unspecified atom stereocenters. The summed E-state index contributed by atoms with van der Waals surface area (Å²) in [6.45, 7) is 7.14. The fourth-order valence-corrected chi connectivity index (χ4v) is 4.23. The molecule has 2 heterocycles. The molecule has 0 spiro atoms. The van der Waals surface area contributed by atoms with Crippen LogP contribution in [0.25, 0.3) is 11.3 Å². The van der Waals surface area contributed by atoms with Crippen LogP contribution in [-0.2, 0) is 6.54 Å². The molecular weight excluding hydrogens is 344 g/mol. The highest BCUT2D eigenvalue weighted by atomic mass is 15.4. The molecule has 0 amide bonds. The van der Waals surface area contributed by atoms with Crippen LogP contribution in [0.1, 0.15) is 35.8 Å². The molecule has 1 saturated carbocycles. The van der Waals surface area contributed by atoms with Crippen molar-refractivity contribution in [1.82, 2.24) is 9.55 Å². The number of rotatable bonds is 4. The number of anilines is 2. The van der Waals surface area contributed by atoms with Crippen LogP contribution in [0.5, 0.6) is 0 Å². The van der Waals surface area contributed by atoms with Gasteiger partial charge in [-0.1, -0.05) is 43.0 Å². The Morgan fingerprint density at radius 2 is 1.71 bits per heavy atom. The van der Waals surface area contributed by atoms with Gasteiger partial charge in [-0.15, -0.1) is 0 Å². The third-order valence-electron chi connectivity index (χ3n) is 6.07. The van der Waals surface area contributed by atoms with Crippen LogP contribution in [0, 0.1) is 6.92 Å². The van der Waals surface area contributed by atoms with Gasteiger partial charge in [0.05, 0.1) is 22.8 Å². The Morgan fingerprint density at radius 3 is 2.43 bits per heavy atom. The van der Waals surface area contributed by atoms with E-state index >= 15 is 0 Å². The first-order valence-corrected chi connectivity index (χ1v) is 9.96. The van der Waals surface area contributed by atoms with Crippen molar-refractivity contribution in [1.29, 1.82) is 0 Å². The Balaban J connectivity index is 1.58. The highest BCUT2D eigenvalue weighted by Gasteiger charge is 2.31. The van der Waals surface area contributed by atoms with E-state index in [0.717, 1.165) is 18.2 Å². The summed E-state index contributed by atoms with van der Waals surface area (Å²) in [4.78, 5) is 9.29. The maximum atomic E-state index is 4.99. The van der Waals surface area contributed by atoms with Gasteiger partial charge in [0.15, 0.2) is 0 Å². The first-order chi connectivity index (χ1) is 13.5. The van der Waals surface area contributed by atoms with Crippen LogP contribution < -0.4 is 9.80 Å². The number of hydrogen-bond acceptors (Lipinski definition) is 3. The van der Waals surface area contributed by atoms with Gasteiger partial charge in [0, 0.05) is 32.1 Å². The van der Waals surface area contributed by atoms with E-state index in [0.29, 0.717) is 5.92 Å². The van der Waals surface area contributed by atoms with Gasteiger partial charge in [0.25, 0.3) is 0 Å². The minimum absolute atomic E-state index is 0.623. The third kappa shape index (κ3) is 2.63. The predicted octanol–water partition coefficient (Wildman–Crippen LogP) is 5.14. The topological polar surface area (TPSA) is 24.3 Å². The molecular formula is C24H26N4. The number of imidazole rings is 1. The Labute approximate surface area is 166 Å². The lowest BCUT2D eigenvalue weighted by atomic mass is 10.1. The van der Waals surface area contributed by atoms with Gasteiger partial charge >= 0.3 is 0 Å². The lowest BCUT2D eigenvalue weighted by Gasteiger charge is -2.16. The van der Waals surface area contributed by atoms with Crippen LogP contribution in [0.3, 0.4) is 0 Å². The van der Waals surface area contributed by atoms with Crippen molar-refractivity contribution in [2.24, 2.45) is 0 Å². The molecule has 0 atom stereocenters. The quantitative estimate of drug-likeness (QED) is 0.635. The van der Waals surface area contributed by atoms with Crippen molar-refractivity contribution in [2.75, 3.05) is 23.9 Å². The molecule has 1 aromatic heterocycles. The van der Waals surface area contributed by atoms with Crippen LogP contribution in [-0.4, -0.2) is 23.6 Å². The fourth-order valence-electron chi connectivity index (χ4n) is 4.23. The molecule has 5 rings (SSSR count). The summed E-state index contributed by atoms with van der Waals surface area (Å²) in [7, 11) is 4.15. The third-order valence-corrected chi connectivity index (χ3v) is 6.07. The van der Waals surface area contributed by atoms with Crippen molar-refractivity contribution in [3.8, 4) is 11.3 Å². The van der Waals surface area contributed by atoms with E-state index in [4.69, 9.17) is 4.98 Å². The average Bonchev–Trinajstić information content (AvgIpc) is 3.48. The van der Waals surface area contributed by atoms with Gasteiger partial charge in [-0.2, -0.15) is 0 Å². The van der Waals surface area contributed by atoms with Gasteiger partial charge in [-0.3, -0.25) is 0 Å². The normalized spacial score (nSPS) is 16.0.